The van der Waals surface area contributed by atoms with Gasteiger partial charge in [0.25, 0.3) is 0 Å². The van der Waals surface area contributed by atoms with Crippen LogP contribution >= 0.6 is 23.1 Å². The molecular formula is C12H20N2OS2. The molecule has 1 heterocycles. The number of thioether (sulfide) groups is 1. The summed E-state index contributed by atoms with van der Waals surface area (Å²) in [7, 11) is 0. The predicted octanol–water partition coefficient (Wildman–Crippen LogP) is 3.52. The minimum atomic E-state index is 0.0392. The van der Waals surface area contributed by atoms with Crippen molar-refractivity contribution >= 4 is 34.1 Å². The highest BCUT2D eigenvalue weighted by atomic mass is 32.2. The average molecular weight is 272 g/mol. The van der Waals surface area contributed by atoms with Gasteiger partial charge in [0.2, 0.25) is 5.91 Å². The third-order valence-electron chi connectivity index (χ3n) is 2.20. The summed E-state index contributed by atoms with van der Waals surface area (Å²) in [5.74, 6) is 1.99. The van der Waals surface area contributed by atoms with Crippen LogP contribution in [0.5, 0.6) is 0 Å². The Kier molecular flexibility index (Phi) is 5.46. The van der Waals surface area contributed by atoms with Gasteiger partial charge in [0.05, 0.1) is 5.69 Å². The molecule has 1 N–H and O–H groups in total. The van der Waals surface area contributed by atoms with Crippen LogP contribution < -0.4 is 5.32 Å². The van der Waals surface area contributed by atoms with Gasteiger partial charge in [-0.1, -0.05) is 27.7 Å². The Balaban J connectivity index is 2.46. The summed E-state index contributed by atoms with van der Waals surface area (Å²) >= 11 is 3.27. The number of aromatic nitrogens is 1. The van der Waals surface area contributed by atoms with E-state index in [0.717, 1.165) is 17.2 Å². The van der Waals surface area contributed by atoms with E-state index in [1.165, 1.54) is 11.3 Å². The summed E-state index contributed by atoms with van der Waals surface area (Å²) in [6, 6.07) is 0. The molecule has 17 heavy (non-hydrogen) atoms. The van der Waals surface area contributed by atoms with E-state index in [0.29, 0.717) is 11.6 Å². The summed E-state index contributed by atoms with van der Waals surface area (Å²) in [6.45, 7) is 8.45. The predicted molar refractivity (Wildman–Crippen MR) is 77.1 cm³/mol. The van der Waals surface area contributed by atoms with Crippen LogP contribution in [0.15, 0.2) is 5.38 Å². The Bertz CT molecular complexity index is 369. The Morgan fingerprint density at radius 1 is 1.53 bits per heavy atom. The number of nitrogens with one attached hydrogen (secondary N) is 1. The monoisotopic (exact) mass is 272 g/mol. The Labute approximate surface area is 111 Å². The van der Waals surface area contributed by atoms with Crippen LogP contribution in [-0.2, 0) is 10.2 Å². The number of anilines is 1. The first-order valence-corrected chi connectivity index (χ1v) is 7.80. The molecule has 0 unspecified atom stereocenters. The molecular weight excluding hydrogens is 252 g/mol. The van der Waals surface area contributed by atoms with Gasteiger partial charge in [-0.2, -0.15) is 11.8 Å². The number of carbonyl (C=O) groups is 1. The molecule has 0 aliphatic rings. The maximum absolute atomic E-state index is 11.6. The zero-order chi connectivity index (χ0) is 12.9. The van der Waals surface area contributed by atoms with Gasteiger partial charge in [-0.15, -0.1) is 11.3 Å². The fraction of sp³-hybridized carbons (Fsp3) is 0.667. The van der Waals surface area contributed by atoms with Crippen molar-refractivity contribution in [2.75, 3.05) is 16.8 Å². The Hall–Kier alpha value is -0.550. The molecule has 1 rings (SSSR count). The summed E-state index contributed by atoms with van der Waals surface area (Å²) in [5, 5.41) is 5.57. The molecule has 3 nitrogen and oxygen atoms in total. The van der Waals surface area contributed by atoms with Crippen LogP contribution in [0.4, 0.5) is 5.13 Å². The largest absolute Gasteiger partial charge is 0.302 e. The average Bonchev–Trinajstić information content (AvgIpc) is 2.66. The van der Waals surface area contributed by atoms with Gasteiger partial charge >= 0.3 is 0 Å². The number of nitrogens with zero attached hydrogens (tertiary/aromatic N) is 1. The Morgan fingerprint density at radius 3 is 2.76 bits per heavy atom. The number of hydrogen-bond donors (Lipinski definition) is 1. The van der Waals surface area contributed by atoms with Gasteiger partial charge in [0.15, 0.2) is 5.13 Å². The highest BCUT2D eigenvalue weighted by Gasteiger charge is 2.17. The Morgan fingerprint density at radius 2 is 2.24 bits per heavy atom. The van der Waals surface area contributed by atoms with Crippen molar-refractivity contribution in [2.45, 2.75) is 39.5 Å². The first kappa shape index (κ1) is 14.5. The fourth-order valence-electron chi connectivity index (χ4n) is 1.17. The van der Waals surface area contributed by atoms with Crippen molar-refractivity contribution in [3.63, 3.8) is 0 Å². The molecule has 0 saturated carbocycles. The van der Waals surface area contributed by atoms with Crippen molar-refractivity contribution in [2.24, 2.45) is 0 Å². The lowest BCUT2D eigenvalue weighted by Gasteiger charge is -2.14. The minimum Gasteiger partial charge on any atom is -0.302 e. The highest BCUT2D eigenvalue weighted by molar-refractivity contribution is 7.99. The third-order valence-corrected chi connectivity index (χ3v) is 3.86. The van der Waals surface area contributed by atoms with Gasteiger partial charge < -0.3 is 5.32 Å². The van der Waals surface area contributed by atoms with E-state index < -0.39 is 0 Å². The first-order chi connectivity index (χ1) is 7.93. The lowest BCUT2D eigenvalue weighted by molar-refractivity contribution is -0.115. The van der Waals surface area contributed by atoms with Gasteiger partial charge in [0, 0.05) is 23.0 Å². The standard InChI is InChI=1S/C12H20N2OS2/c1-5-16-7-6-10(15)14-11-13-9(8-17-11)12(2,3)4/h8H,5-7H2,1-4H3,(H,13,14,15). The quantitative estimate of drug-likeness (QED) is 0.834. The lowest BCUT2D eigenvalue weighted by Crippen LogP contribution is -2.14. The van der Waals surface area contributed by atoms with Gasteiger partial charge in [-0.05, 0) is 5.75 Å². The summed E-state index contributed by atoms with van der Waals surface area (Å²) in [4.78, 5) is 16.0. The summed E-state index contributed by atoms with van der Waals surface area (Å²) < 4.78 is 0. The van der Waals surface area contributed by atoms with E-state index in [9.17, 15) is 4.79 Å². The molecule has 0 atom stereocenters. The van der Waals surface area contributed by atoms with Gasteiger partial charge in [-0.25, -0.2) is 4.98 Å². The second-order valence-corrected chi connectivity index (χ2v) is 7.03. The van der Waals surface area contributed by atoms with Crippen LogP contribution in [0.2, 0.25) is 0 Å². The fourth-order valence-corrected chi connectivity index (χ4v) is 2.74. The second-order valence-electron chi connectivity index (χ2n) is 4.78. The van der Waals surface area contributed by atoms with Crippen molar-refractivity contribution in [3.05, 3.63) is 11.1 Å². The van der Waals surface area contributed by atoms with E-state index in [2.05, 4.69) is 38.0 Å². The minimum absolute atomic E-state index is 0.0392. The number of amides is 1. The SMILES string of the molecule is CCSCCC(=O)Nc1nc(C(C)(C)C)cs1. The first-order valence-electron chi connectivity index (χ1n) is 5.77. The van der Waals surface area contributed by atoms with E-state index in [4.69, 9.17) is 0 Å². The van der Waals surface area contributed by atoms with Crippen LogP contribution in [0.1, 0.15) is 39.8 Å². The number of hydrogen-bond acceptors (Lipinski definition) is 4. The molecule has 0 saturated heterocycles. The van der Waals surface area contributed by atoms with Gasteiger partial charge in [-0.3, -0.25) is 4.79 Å². The number of rotatable bonds is 5. The maximum Gasteiger partial charge on any atom is 0.226 e. The summed E-state index contributed by atoms with van der Waals surface area (Å²) in [5.41, 5.74) is 1.07. The third kappa shape index (κ3) is 5.08. The van der Waals surface area contributed by atoms with E-state index in [1.54, 1.807) is 11.8 Å². The van der Waals surface area contributed by atoms with Crippen molar-refractivity contribution in [1.82, 2.24) is 4.98 Å². The maximum atomic E-state index is 11.6. The number of carbonyl (C=O) groups excluding carboxylic acids is 1. The molecule has 0 aromatic carbocycles. The van der Waals surface area contributed by atoms with E-state index in [1.807, 2.05) is 5.38 Å². The molecule has 1 aromatic rings. The molecule has 0 bridgehead atoms. The molecule has 1 amide bonds. The molecule has 0 fully saturated rings. The van der Waals surface area contributed by atoms with Crippen molar-refractivity contribution in [1.29, 1.82) is 0 Å². The second kappa shape index (κ2) is 6.40. The summed E-state index contributed by atoms with van der Waals surface area (Å²) in [6.07, 6.45) is 0.558. The topological polar surface area (TPSA) is 42.0 Å². The number of thiazole rings is 1. The molecule has 0 spiro atoms. The zero-order valence-electron chi connectivity index (χ0n) is 10.9. The molecule has 96 valence electrons. The lowest BCUT2D eigenvalue weighted by atomic mass is 9.93. The molecule has 0 radical (unpaired) electrons. The van der Waals surface area contributed by atoms with Gasteiger partial charge in [0.1, 0.15) is 0 Å². The van der Waals surface area contributed by atoms with Crippen molar-refractivity contribution < 1.29 is 4.79 Å². The molecule has 0 aliphatic heterocycles. The van der Waals surface area contributed by atoms with Crippen LogP contribution in [0.25, 0.3) is 0 Å². The van der Waals surface area contributed by atoms with Crippen LogP contribution in [0, 0.1) is 0 Å². The van der Waals surface area contributed by atoms with Crippen LogP contribution in [-0.4, -0.2) is 22.4 Å². The normalized spacial score (nSPS) is 11.5. The molecule has 5 heteroatoms. The highest BCUT2D eigenvalue weighted by Crippen LogP contribution is 2.26. The molecule has 1 aromatic heterocycles. The van der Waals surface area contributed by atoms with E-state index in [-0.39, 0.29) is 11.3 Å². The van der Waals surface area contributed by atoms with E-state index >= 15 is 0 Å². The smallest absolute Gasteiger partial charge is 0.226 e. The zero-order valence-corrected chi connectivity index (χ0v) is 12.5. The van der Waals surface area contributed by atoms with Crippen molar-refractivity contribution in [3.8, 4) is 0 Å². The van der Waals surface area contributed by atoms with Crippen LogP contribution in [0.3, 0.4) is 0 Å². The molecule has 0 aliphatic carbocycles.